The number of nitrogens with two attached hydrogens (primary N) is 1. The quantitative estimate of drug-likeness (QED) is 0.550. The predicted molar refractivity (Wildman–Crippen MR) is 140 cm³/mol. The van der Waals surface area contributed by atoms with Gasteiger partial charge in [0.1, 0.15) is 5.82 Å². The molecule has 0 spiro atoms. The zero-order valence-electron chi connectivity index (χ0n) is 20.6. The van der Waals surface area contributed by atoms with Crippen LogP contribution in [0.4, 0.5) is 11.5 Å². The number of pyridine rings is 2. The van der Waals surface area contributed by atoms with Gasteiger partial charge in [0.05, 0.1) is 28.9 Å². The number of amides is 1. The summed E-state index contributed by atoms with van der Waals surface area (Å²) in [5.74, 6) is 6.99. The van der Waals surface area contributed by atoms with E-state index >= 15 is 0 Å². The molecule has 2 aliphatic heterocycles. The maximum absolute atomic E-state index is 12.1. The van der Waals surface area contributed by atoms with Gasteiger partial charge in [-0.15, -0.1) is 0 Å². The number of nitrogens with one attached hydrogen (secondary N) is 1. The fourth-order valence-corrected chi connectivity index (χ4v) is 5.45. The van der Waals surface area contributed by atoms with Crippen molar-refractivity contribution < 1.29 is 9.53 Å². The SMILES string of the molecule is CNc1ncc(C#Cc2ccc(N3CC4CN(C)CC(C3)O4)cc2)c2cc(C3(C(N)=O)CC3)ncc12. The molecule has 184 valence electrons. The monoisotopic (exact) mass is 482 g/mol. The van der Waals surface area contributed by atoms with Gasteiger partial charge in [-0.1, -0.05) is 11.8 Å². The number of fused-ring (bicyclic) bond motifs is 3. The van der Waals surface area contributed by atoms with Gasteiger partial charge in [0.15, 0.2) is 0 Å². The number of carbonyl (C=O) groups is 1. The molecule has 6 rings (SSSR count). The Kier molecular flexibility index (Phi) is 5.55. The van der Waals surface area contributed by atoms with Crippen LogP contribution in [-0.2, 0) is 14.9 Å². The molecule has 3 aliphatic rings. The number of hydrogen-bond donors (Lipinski definition) is 2. The van der Waals surface area contributed by atoms with E-state index in [1.54, 1.807) is 12.4 Å². The molecule has 3 fully saturated rings. The Hall–Kier alpha value is -3.67. The Balaban J connectivity index is 1.28. The van der Waals surface area contributed by atoms with Gasteiger partial charge in [-0.3, -0.25) is 9.78 Å². The third-order valence-corrected chi connectivity index (χ3v) is 7.56. The molecule has 4 heterocycles. The first kappa shape index (κ1) is 22.8. The molecule has 2 bridgehead atoms. The minimum atomic E-state index is -0.648. The summed E-state index contributed by atoms with van der Waals surface area (Å²) in [6, 6.07) is 10.4. The second-order valence-electron chi connectivity index (χ2n) is 10.1. The van der Waals surface area contributed by atoms with Gasteiger partial charge in [0.25, 0.3) is 0 Å². The normalized spacial score (nSPS) is 22.6. The molecular formula is C28H30N6O2. The smallest absolute Gasteiger partial charge is 0.229 e. The van der Waals surface area contributed by atoms with E-state index in [1.165, 1.54) is 5.69 Å². The molecular weight excluding hydrogens is 452 g/mol. The van der Waals surface area contributed by atoms with Gasteiger partial charge >= 0.3 is 0 Å². The summed E-state index contributed by atoms with van der Waals surface area (Å²) in [4.78, 5) is 25.9. The topological polar surface area (TPSA) is 96.6 Å². The third kappa shape index (κ3) is 4.04. The largest absolute Gasteiger partial charge is 0.373 e. The number of primary amides is 1. The highest BCUT2D eigenvalue weighted by Crippen LogP contribution is 2.47. The molecule has 3 aromatic rings. The van der Waals surface area contributed by atoms with E-state index in [4.69, 9.17) is 10.5 Å². The lowest BCUT2D eigenvalue weighted by atomic mass is 9.98. The fourth-order valence-electron chi connectivity index (χ4n) is 5.45. The van der Waals surface area contributed by atoms with Crippen LogP contribution in [0, 0.1) is 11.8 Å². The first-order valence-corrected chi connectivity index (χ1v) is 12.4. The lowest BCUT2D eigenvalue weighted by Crippen LogP contribution is -2.58. The van der Waals surface area contributed by atoms with Crippen LogP contribution in [0.5, 0.6) is 0 Å². The Morgan fingerprint density at radius 2 is 1.78 bits per heavy atom. The molecule has 2 aromatic heterocycles. The molecule has 2 atom stereocenters. The number of carbonyl (C=O) groups excluding carboxylic acids is 1. The zero-order valence-corrected chi connectivity index (χ0v) is 20.6. The van der Waals surface area contributed by atoms with E-state index in [0.717, 1.165) is 66.7 Å². The molecule has 8 nitrogen and oxygen atoms in total. The average molecular weight is 483 g/mol. The van der Waals surface area contributed by atoms with E-state index < -0.39 is 5.41 Å². The van der Waals surface area contributed by atoms with Crippen molar-refractivity contribution in [3.8, 4) is 11.8 Å². The van der Waals surface area contributed by atoms with Crippen molar-refractivity contribution in [1.82, 2.24) is 14.9 Å². The summed E-state index contributed by atoms with van der Waals surface area (Å²) in [6.45, 7) is 3.76. The first-order chi connectivity index (χ1) is 17.4. The first-order valence-electron chi connectivity index (χ1n) is 12.4. The predicted octanol–water partition coefficient (Wildman–Crippen LogP) is 2.11. The average Bonchev–Trinajstić information content (AvgIpc) is 3.69. The van der Waals surface area contributed by atoms with Crippen molar-refractivity contribution in [2.45, 2.75) is 30.5 Å². The van der Waals surface area contributed by atoms with Gasteiger partial charge in [-0.2, -0.15) is 0 Å². The Bertz CT molecular complexity index is 1370. The van der Waals surface area contributed by atoms with Crippen molar-refractivity contribution in [3.05, 3.63) is 59.5 Å². The highest BCUT2D eigenvalue weighted by molar-refractivity contribution is 5.97. The van der Waals surface area contributed by atoms with E-state index in [0.29, 0.717) is 5.69 Å². The zero-order chi connectivity index (χ0) is 24.9. The van der Waals surface area contributed by atoms with E-state index in [1.807, 2.05) is 13.1 Å². The van der Waals surface area contributed by atoms with Crippen LogP contribution in [0.3, 0.4) is 0 Å². The van der Waals surface area contributed by atoms with E-state index in [9.17, 15) is 4.79 Å². The standard InChI is InChI=1S/C28H30N6O2/c1-30-26-24-13-31-25(28(9-10-28)27(29)35)11-23(24)19(12-32-26)6-3-18-4-7-20(8-5-18)34-16-21-14-33(2)15-22(17-34)36-21/h4-5,7-8,11-13,21-22H,9-10,14-17H2,1-2H3,(H2,29,35)(H,30,32). The summed E-state index contributed by atoms with van der Waals surface area (Å²) < 4.78 is 6.11. The summed E-state index contributed by atoms with van der Waals surface area (Å²) in [6.07, 6.45) is 5.52. The van der Waals surface area contributed by atoms with Crippen molar-refractivity contribution in [3.63, 3.8) is 0 Å². The van der Waals surface area contributed by atoms with Crippen LogP contribution in [0.1, 0.15) is 29.7 Å². The van der Waals surface area contributed by atoms with Crippen LogP contribution in [0.15, 0.2) is 42.7 Å². The minimum Gasteiger partial charge on any atom is -0.373 e. The summed E-state index contributed by atoms with van der Waals surface area (Å²) in [5, 5.41) is 4.90. The van der Waals surface area contributed by atoms with Gasteiger partial charge in [0, 0.05) is 67.6 Å². The fraction of sp³-hybridized carbons (Fsp3) is 0.393. The third-order valence-electron chi connectivity index (χ3n) is 7.56. The van der Waals surface area contributed by atoms with Crippen LogP contribution in [0.2, 0.25) is 0 Å². The number of likely N-dealkylation sites (N-methyl/N-ethyl adjacent to an activating group) is 1. The summed E-state index contributed by atoms with van der Waals surface area (Å²) in [5.41, 5.74) is 8.68. The molecule has 8 heteroatoms. The highest BCUT2D eigenvalue weighted by atomic mass is 16.5. The van der Waals surface area contributed by atoms with Crippen LogP contribution in [-0.4, -0.2) is 73.3 Å². The number of morpholine rings is 2. The molecule has 3 N–H and O–H groups in total. The van der Waals surface area contributed by atoms with E-state index in [2.05, 4.69) is 68.2 Å². The van der Waals surface area contributed by atoms with Crippen molar-refractivity contribution in [2.24, 2.45) is 5.73 Å². The van der Waals surface area contributed by atoms with Crippen molar-refractivity contribution in [1.29, 1.82) is 0 Å². The molecule has 1 aromatic carbocycles. The molecule has 36 heavy (non-hydrogen) atoms. The maximum atomic E-state index is 12.1. The maximum Gasteiger partial charge on any atom is 0.229 e. The van der Waals surface area contributed by atoms with Crippen LogP contribution in [0.25, 0.3) is 10.8 Å². The van der Waals surface area contributed by atoms with Gasteiger partial charge in [-0.25, -0.2) is 4.98 Å². The Morgan fingerprint density at radius 1 is 1.06 bits per heavy atom. The number of aromatic nitrogens is 2. The van der Waals surface area contributed by atoms with E-state index in [-0.39, 0.29) is 18.1 Å². The van der Waals surface area contributed by atoms with Crippen LogP contribution < -0.4 is 16.0 Å². The number of hydrogen-bond acceptors (Lipinski definition) is 7. The highest BCUT2D eigenvalue weighted by Gasteiger charge is 2.51. The Morgan fingerprint density at radius 3 is 2.42 bits per heavy atom. The lowest BCUT2D eigenvalue weighted by molar-refractivity contribution is -0.120. The second-order valence-corrected chi connectivity index (χ2v) is 10.1. The summed E-state index contributed by atoms with van der Waals surface area (Å²) in [7, 11) is 3.99. The lowest BCUT2D eigenvalue weighted by Gasteiger charge is -2.45. The van der Waals surface area contributed by atoms with Gasteiger partial charge in [-0.05, 0) is 50.2 Å². The summed E-state index contributed by atoms with van der Waals surface area (Å²) >= 11 is 0. The number of benzene rings is 1. The Labute approximate surface area is 210 Å². The molecule has 2 saturated heterocycles. The molecule has 1 amide bonds. The molecule has 1 aliphatic carbocycles. The van der Waals surface area contributed by atoms with Gasteiger partial charge in [0.2, 0.25) is 5.91 Å². The van der Waals surface area contributed by atoms with Gasteiger partial charge < -0.3 is 25.6 Å². The number of anilines is 2. The minimum absolute atomic E-state index is 0.257. The number of rotatable bonds is 4. The van der Waals surface area contributed by atoms with Crippen molar-refractivity contribution >= 4 is 28.2 Å². The van der Waals surface area contributed by atoms with Crippen molar-refractivity contribution in [2.75, 3.05) is 50.5 Å². The van der Waals surface area contributed by atoms with Crippen LogP contribution >= 0.6 is 0 Å². The number of ether oxygens (including phenoxy) is 1. The second kappa shape index (κ2) is 8.77. The number of nitrogens with zero attached hydrogens (tertiary/aromatic N) is 4. The molecule has 2 unspecified atom stereocenters. The molecule has 0 radical (unpaired) electrons. The molecule has 1 saturated carbocycles.